The Bertz CT molecular complexity index is 1140. The summed E-state index contributed by atoms with van der Waals surface area (Å²) in [4.78, 5) is 14.7. The van der Waals surface area contributed by atoms with Crippen LogP contribution in [0.1, 0.15) is 21.5 Å². The average Bonchev–Trinajstić information content (AvgIpc) is 2.74. The first kappa shape index (κ1) is 20.6. The van der Waals surface area contributed by atoms with Crippen LogP contribution in [-0.2, 0) is 10.0 Å². The lowest BCUT2D eigenvalue weighted by Gasteiger charge is -2.22. The van der Waals surface area contributed by atoms with Gasteiger partial charge >= 0.3 is 0 Å². The molecule has 0 unspecified atom stereocenters. The van der Waals surface area contributed by atoms with E-state index < -0.39 is 10.0 Å². The van der Waals surface area contributed by atoms with Gasteiger partial charge in [-0.15, -0.1) is 0 Å². The highest BCUT2D eigenvalue weighted by atomic mass is 32.2. The topological polar surface area (TPSA) is 57.7 Å². The van der Waals surface area contributed by atoms with Crippen LogP contribution < -0.4 is 9.21 Å². The number of rotatable bonds is 5. The predicted octanol–water partition coefficient (Wildman–Crippen LogP) is 4.41. The predicted molar refractivity (Wildman–Crippen MR) is 117 cm³/mol. The normalized spacial score (nSPS) is 11.2. The van der Waals surface area contributed by atoms with Crippen LogP contribution in [0.2, 0.25) is 0 Å². The van der Waals surface area contributed by atoms with E-state index in [9.17, 15) is 13.2 Å². The van der Waals surface area contributed by atoms with E-state index in [2.05, 4.69) is 0 Å². The highest BCUT2D eigenvalue weighted by Gasteiger charge is 2.23. The third-order valence-corrected chi connectivity index (χ3v) is 6.88. The fraction of sp³-hybridized carbons (Fsp3) is 0.174. The Morgan fingerprint density at radius 3 is 2.17 bits per heavy atom. The minimum absolute atomic E-state index is 0.0732. The molecule has 0 spiro atoms. The van der Waals surface area contributed by atoms with Crippen molar-refractivity contribution in [3.63, 3.8) is 0 Å². The number of hydrogen-bond donors (Lipinski definition) is 0. The number of carbonyl (C=O) groups excluding carboxylic acids is 1. The molecule has 0 heterocycles. The van der Waals surface area contributed by atoms with Gasteiger partial charge in [-0.2, -0.15) is 0 Å². The molecule has 0 aromatic heterocycles. The lowest BCUT2D eigenvalue weighted by atomic mass is 10.1. The fourth-order valence-corrected chi connectivity index (χ4v) is 4.37. The number of amides is 1. The van der Waals surface area contributed by atoms with Crippen LogP contribution in [0.5, 0.6) is 0 Å². The van der Waals surface area contributed by atoms with E-state index in [4.69, 9.17) is 0 Å². The monoisotopic (exact) mass is 408 g/mol. The molecule has 0 bridgehead atoms. The molecule has 6 heteroatoms. The molecule has 0 fully saturated rings. The number of hydrogen-bond acceptors (Lipinski definition) is 3. The highest BCUT2D eigenvalue weighted by molar-refractivity contribution is 7.92. The molecule has 0 aliphatic heterocycles. The zero-order valence-electron chi connectivity index (χ0n) is 17.0. The molecule has 0 saturated heterocycles. The maximum atomic E-state index is 13.0. The Hall–Kier alpha value is -3.12. The number of aryl methyl sites for hydroxylation is 1. The van der Waals surface area contributed by atoms with Crippen LogP contribution in [0.15, 0.2) is 77.7 Å². The molecular formula is C23H24N2O3S. The molecule has 29 heavy (non-hydrogen) atoms. The van der Waals surface area contributed by atoms with Crippen molar-refractivity contribution in [1.82, 2.24) is 0 Å². The molecule has 3 aromatic rings. The quantitative estimate of drug-likeness (QED) is 0.629. The molecule has 0 atom stereocenters. The van der Waals surface area contributed by atoms with Crippen LogP contribution in [0.25, 0.3) is 0 Å². The summed E-state index contributed by atoms with van der Waals surface area (Å²) in [6.07, 6.45) is 0. The maximum absolute atomic E-state index is 13.0. The summed E-state index contributed by atoms with van der Waals surface area (Å²) in [5.41, 5.74) is 3.76. The summed E-state index contributed by atoms with van der Waals surface area (Å²) >= 11 is 0. The van der Waals surface area contributed by atoms with Gasteiger partial charge in [-0.3, -0.25) is 9.10 Å². The Kier molecular flexibility index (Phi) is 5.75. The molecule has 150 valence electrons. The maximum Gasteiger partial charge on any atom is 0.264 e. The molecule has 0 radical (unpaired) electrons. The number of carbonyl (C=O) groups is 1. The smallest absolute Gasteiger partial charge is 0.264 e. The Morgan fingerprint density at radius 1 is 0.828 bits per heavy atom. The Morgan fingerprint density at radius 2 is 1.48 bits per heavy atom. The number of sulfonamides is 1. The van der Waals surface area contributed by atoms with E-state index in [1.54, 1.807) is 48.3 Å². The third-order valence-electron chi connectivity index (χ3n) is 5.10. The van der Waals surface area contributed by atoms with Crippen molar-refractivity contribution in [1.29, 1.82) is 0 Å². The summed E-state index contributed by atoms with van der Waals surface area (Å²) in [5, 5.41) is 0. The van der Waals surface area contributed by atoms with Crippen molar-refractivity contribution >= 4 is 27.3 Å². The average molecular weight is 409 g/mol. The van der Waals surface area contributed by atoms with Crippen LogP contribution in [-0.4, -0.2) is 28.4 Å². The summed E-state index contributed by atoms with van der Waals surface area (Å²) in [6.45, 7) is 3.95. The van der Waals surface area contributed by atoms with Gasteiger partial charge in [0.1, 0.15) is 0 Å². The highest BCUT2D eigenvalue weighted by Crippen LogP contribution is 2.25. The lowest BCUT2D eigenvalue weighted by Crippen LogP contribution is -2.29. The van der Waals surface area contributed by atoms with Crippen molar-refractivity contribution in [3.05, 3.63) is 89.5 Å². The zero-order chi connectivity index (χ0) is 21.2. The van der Waals surface area contributed by atoms with Crippen LogP contribution >= 0.6 is 0 Å². The largest absolute Gasteiger partial charge is 0.311 e. The fourth-order valence-electron chi connectivity index (χ4n) is 3.13. The summed E-state index contributed by atoms with van der Waals surface area (Å²) in [7, 11) is -0.593. The molecule has 0 aliphatic carbocycles. The minimum Gasteiger partial charge on any atom is -0.311 e. The van der Waals surface area contributed by atoms with E-state index in [1.807, 2.05) is 38.1 Å². The van der Waals surface area contributed by atoms with Gasteiger partial charge in [-0.05, 0) is 61.4 Å². The van der Waals surface area contributed by atoms with Crippen molar-refractivity contribution < 1.29 is 13.2 Å². The molecule has 1 amide bonds. The van der Waals surface area contributed by atoms with Crippen molar-refractivity contribution in [2.75, 3.05) is 23.3 Å². The molecule has 0 aliphatic rings. The van der Waals surface area contributed by atoms with Gasteiger partial charge in [0.2, 0.25) is 0 Å². The summed E-state index contributed by atoms with van der Waals surface area (Å²) in [5.74, 6) is -0.266. The van der Waals surface area contributed by atoms with Crippen molar-refractivity contribution in [2.24, 2.45) is 0 Å². The second kappa shape index (κ2) is 8.09. The first-order valence-corrected chi connectivity index (χ1v) is 10.7. The zero-order valence-corrected chi connectivity index (χ0v) is 17.8. The van der Waals surface area contributed by atoms with E-state index in [0.29, 0.717) is 11.3 Å². The Balaban J connectivity index is 1.95. The molecule has 0 saturated carbocycles. The van der Waals surface area contributed by atoms with Gasteiger partial charge in [0, 0.05) is 25.3 Å². The van der Waals surface area contributed by atoms with Gasteiger partial charge in [0.25, 0.3) is 15.9 Å². The minimum atomic E-state index is -3.79. The van der Waals surface area contributed by atoms with Crippen molar-refractivity contribution in [3.8, 4) is 0 Å². The van der Waals surface area contributed by atoms with Gasteiger partial charge < -0.3 is 4.90 Å². The van der Waals surface area contributed by atoms with Crippen LogP contribution in [0.3, 0.4) is 0 Å². The number of para-hydroxylation sites is 1. The molecular weight excluding hydrogens is 384 g/mol. The van der Waals surface area contributed by atoms with Crippen LogP contribution in [0.4, 0.5) is 11.4 Å². The standard InChI is InChI=1S/C23H24N2O3S/c1-17-10-8-15-22(18(17)2)24(3)23(26)19-11-9-14-21(16-19)29(27,28)25(4)20-12-6-5-7-13-20/h5-16H,1-4H3. The second-order valence-corrected chi connectivity index (χ2v) is 8.89. The number of anilines is 2. The summed E-state index contributed by atoms with van der Waals surface area (Å²) in [6, 6.07) is 20.8. The van der Waals surface area contributed by atoms with Gasteiger partial charge in [0.15, 0.2) is 0 Å². The number of benzene rings is 3. The van der Waals surface area contributed by atoms with Crippen LogP contribution in [0, 0.1) is 13.8 Å². The van der Waals surface area contributed by atoms with E-state index >= 15 is 0 Å². The first-order chi connectivity index (χ1) is 13.7. The molecule has 3 aromatic carbocycles. The molecule has 0 N–H and O–H groups in total. The van der Waals surface area contributed by atoms with E-state index in [-0.39, 0.29) is 10.8 Å². The molecule has 5 nitrogen and oxygen atoms in total. The SMILES string of the molecule is Cc1cccc(N(C)C(=O)c2cccc(S(=O)(=O)N(C)c3ccccc3)c2)c1C. The van der Waals surface area contributed by atoms with Gasteiger partial charge in [-0.1, -0.05) is 36.4 Å². The Labute approximate surface area is 172 Å². The number of nitrogens with zero attached hydrogens (tertiary/aromatic N) is 2. The van der Waals surface area contributed by atoms with Gasteiger partial charge in [0.05, 0.1) is 10.6 Å². The van der Waals surface area contributed by atoms with Gasteiger partial charge in [-0.25, -0.2) is 8.42 Å². The van der Waals surface area contributed by atoms with E-state index in [0.717, 1.165) is 16.8 Å². The first-order valence-electron chi connectivity index (χ1n) is 9.22. The third kappa shape index (κ3) is 4.03. The molecule has 3 rings (SSSR count). The van der Waals surface area contributed by atoms with Crippen molar-refractivity contribution in [2.45, 2.75) is 18.7 Å². The van der Waals surface area contributed by atoms with E-state index in [1.165, 1.54) is 23.5 Å². The summed E-state index contributed by atoms with van der Waals surface area (Å²) < 4.78 is 27.3. The second-order valence-electron chi connectivity index (χ2n) is 6.92. The lowest BCUT2D eigenvalue weighted by molar-refractivity contribution is 0.0992.